The number of hydrogen-bond donors (Lipinski definition) is 1. The first kappa shape index (κ1) is 13.7. The fourth-order valence-electron chi connectivity index (χ4n) is 1.67. The highest BCUT2D eigenvalue weighted by Crippen LogP contribution is 2.21. The first-order chi connectivity index (χ1) is 9.08. The van der Waals surface area contributed by atoms with E-state index in [-0.39, 0.29) is 5.56 Å². The van der Waals surface area contributed by atoms with Gasteiger partial charge >= 0.3 is 0 Å². The van der Waals surface area contributed by atoms with Crippen LogP contribution in [0.25, 0.3) is 0 Å². The zero-order chi connectivity index (χ0) is 13.8. The molecule has 0 saturated heterocycles. The van der Waals surface area contributed by atoms with Gasteiger partial charge in [0.15, 0.2) is 0 Å². The van der Waals surface area contributed by atoms with Crippen molar-refractivity contribution in [2.45, 2.75) is 6.54 Å². The topological polar surface area (TPSA) is 35.8 Å². The number of halogens is 3. The lowest BCUT2D eigenvalue weighted by molar-refractivity contribution is 0.627. The molecule has 0 heterocycles. The lowest BCUT2D eigenvalue weighted by Crippen LogP contribution is -2.01. The lowest BCUT2D eigenvalue weighted by Gasteiger charge is -2.09. The summed E-state index contributed by atoms with van der Waals surface area (Å²) in [6, 6.07) is 11.1. The molecule has 2 aromatic carbocycles. The average molecular weight is 295 g/mol. The highest BCUT2D eigenvalue weighted by Gasteiger charge is 2.04. The number of nitrogens with one attached hydrogen (secondary N) is 1. The van der Waals surface area contributed by atoms with Crippen LogP contribution in [0.5, 0.6) is 0 Å². The van der Waals surface area contributed by atoms with Gasteiger partial charge in [0.25, 0.3) is 0 Å². The second-order valence-electron chi connectivity index (χ2n) is 3.93. The van der Waals surface area contributed by atoms with Gasteiger partial charge in [-0.3, -0.25) is 0 Å². The zero-order valence-electron chi connectivity index (χ0n) is 9.75. The van der Waals surface area contributed by atoms with Crippen LogP contribution < -0.4 is 5.32 Å². The fraction of sp³-hybridized carbons (Fsp3) is 0.0714. The van der Waals surface area contributed by atoms with Crippen LogP contribution in [-0.4, -0.2) is 0 Å². The molecule has 0 aromatic heterocycles. The maximum Gasteiger partial charge on any atom is 0.124 e. The Labute approximate surface area is 120 Å². The predicted molar refractivity (Wildman–Crippen MR) is 74.9 cm³/mol. The first-order valence-corrected chi connectivity index (χ1v) is 6.22. The molecule has 0 amide bonds. The van der Waals surface area contributed by atoms with Gasteiger partial charge in [-0.25, -0.2) is 4.39 Å². The molecule has 0 aliphatic carbocycles. The van der Waals surface area contributed by atoms with Crippen molar-refractivity contribution < 1.29 is 4.39 Å². The molecule has 0 atom stereocenters. The van der Waals surface area contributed by atoms with Gasteiger partial charge in [-0.1, -0.05) is 23.2 Å². The second-order valence-corrected chi connectivity index (χ2v) is 4.81. The normalized spacial score (nSPS) is 10.0. The van der Waals surface area contributed by atoms with Gasteiger partial charge in [-0.05, 0) is 42.0 Å². The molecule has 2 rings (SSSR count). The molecule has 0 aliphatic heterocycles. The highest BCUT2D eigenvalue weighted by atomic mass is 35.5. The van der Waals surface area contributed by atoms with Gasteiger partial charge < -0.3 is 5.32 Å². The summed E-state index contributed by atoms with van der Waals surface area (Å²) >= 11 is 11.8. The van der Waals surface area contributed by atoms with E-state index >= 15 is 0 Å². The van der Waals surface area contributed by atoms with Crippen molar-refractivity contribution >= 4 is 28.9 Å². The second kappa shape index (κ2) is 5.92. The van der Waals surface area contributed by atoms with E-state index in [1.807, 2.05) is 6.07 Å². The van der Waals surface area contributed by atoms with E-state index in [1.54, 1.807) is 18.2 Å². The SMILES string of the molecule is N#Cc1cc(F)ccc1NCc1cc(Cl)cc(Cl)c1. The molecule has 0 unspecified atom stereocenters. The van der Waals surface area contributed by atoms with Crippen molar-refractivity contribution in [3.63, 3.8) is 0 Å². The molecule has 0 spiro atoms. The molecular weight excluding hydrogens is 286 g/mol. The molecule has 5 heteroatoms. The van der Waals surface area contributed by atoms with Crippen molar-refractivity contribution in [1.29, 1.82) is 5.26 Å². The van der Waals surface area contributed by atoms with Gasteiger partial charge in [0.2, 0.25) is 0 Å². The summed E-state index contributed by atoms with van der Waals surface area (Å²) in [6.45, 7) is 0.445. The van der Waals surface area contributed by atoms with Crippen molar-refractivity contribution in [2.75, 3.05) is 5.32 Å². The minimum atomic E-state index is -0.437. The van der Waals surface area contributed by atoms with Crippen molar-refractivity contribution in [3.8, 4) is 6.07 Å². The Balaban J connectivity index is 2.17. The average Bonchev–Trinajstić information content (AvgIpc) is 2.36. The quantitative estimate of drug-likeness (QED) is 0.897. The number of benzene rings is 2. The minimum absolute atomic E-state index is 0.258. The summed E-state index contributed by atoms with van der Waals surface area (Å²) in [6.07, 6.45) is 0. The Morgan fingerprint density at radius 3 is 2.42 bits per heavy atom. The maximum atomic E-state index is 13.0. The highest BCUT2D eigenvalue weighted by molar-refractivity contribution is 6.34. The monoisotopic (exact) mass is 294 g/mol. The van der Waals surface area contributed by atoms with Crippen LogP contribution in [0.4, 0.5) is 10.1 Å². The Kier molecular flexibility index (Phi) is 4.26. The van der Waals surface area contributed by atoms with E-state index in [0.717, 1.165) is 5.56 Å². The number of anilines is 1. The van der Waals surface area contributed by atoms with E-state index in [9.17, 15) is 4.39 Å². The molecule has 2 aromatic rings. The van der Waals surface area contributed by atoms with Crippen molar-refractivity contribution in [2.24, 2.45) is 0 Å². The molecule has 1 N–H and O–H groups in total. The molecule has 19 heavy (non-hydrogen) atoms. The summed E-state index contributed by atoms with van der Waals surface area (Å²) in [5.74, 6) is -0.437. The third-order valence-electron chi connectivity index (χ3n) is 2.51. The standard InChI is InChI=1S/C14H9Cl2FN2/c15-11-3-9(4-12(16)6-11)8-19-14-2-1-13(17)5-10(14)7-18/h1-6,19H,8H2. The van der Waals surface area contributed by atoms with Gasteiger partial charge in [0, 0.05) is 16.6 Å². The molecule has 0 saturated carbocycles. The lowest BCUT2D eigenvalue weighted by atomic mass is 10.1. The van der Waals surface area contributed by atoms with E-state index in [4.69, 9.17) is 28.5 Å². The van der Waals surface area contributed by atoms with E-state index < -0.39 is 5.82 Å². The Morgan fingerprint density at radius 2 is 1.79 bits per heavy atom. The van der Waals surface area contributed by atoms with Crippen LogP contribution in [0.1, 0.15) is 11.1 Å². The van der Waals surface area contributed by atoms with Crippen LogP contribution in [0.15, 0.2) is 36.4 Å². The van der Waals surface area contributed by atoms with Crippen LogP contribution in [-0.2, 0) is 6.54 Å². The molecule has 0 fully saturated rings. The van der Waals surface area contributed by atoms with Crippen LogP contribution >= 0.6 is 23.2 Å². The van der Waals surface area contributed by atoms with Gasteiger partial charge in [0.05, 0.1) is 11.3 Å². The third kappa shape index (κ3) is 3.60. The van der Waals surface area contributed by atoms with Crippen LogP contribution in [0, 0.1) is 17.1 Å². The summed E-state index contributed by atoms with van der Waals surface area (Å²) in [5, 5.41) is 13.1. The largest absolute Gasteiger partial charge is 0.380 e. The molecule has 96 valence electrons. The summed E-state index contributed by atoms with van der Waals surface area (Å²) in [5.41, 5.74) is 1.71. The molecule has 0 aliphatic rings. The van der Waals surface area contributed by atoms with E-state index in [0.29, 0.717) is 22.3 Å². The van der Waals surface area contributed by atoms with E-state index in [1.165, 1.54) is 18.2 Å². The number of nitrogens with zero attached hydrogens (tertiary/aromatic N) is 1. The van der Waals surface area contributed by atoms with Crippen molar-refractivity contribution in [1.82, 2.24) is 0 Å². The summed E-state index contributed by atoms with van der Waals surface area (Å²) in [7, 11) is 0. The van der Waals surface area contributed by atoms with Crippen LogP contribution in [0.2, 0.25) is 10.0 Å². The van der Waals surface area contributed by atoms with E-state index in [2.05, 4.69) is 5.32 Å². The maximum absolute atomic E-state index is 13.0. The third-order valence-corrected chi connectivity index (χ3v) is 2.94. The first-order valence-electron chi connectivity index (χ1n) is 5.47. The Bertz CT molecular complexity index is 630. The summed E-state index contributed by atoms with van der Waals surface area (Å²) < 4.78 is 13.0. The van der Waals surface area contributed by atoms with Crippen molar-refractivity contribution in [3.05, 3.63) is 63.4 Å². The van der Waals surface area contributed by atoms with Gasteiger partial charge in [-0.15, -0.1) is 0 Å². The minimum Gasteiger partial charge on any atom is -0.380 e. The van der Waals surface area contributed by atoms with Crippen LogP contribution in [0.3, 0.4) is 0 Å². The molecule has 0 radical (unpaired) electrons. The Morgan fingerprint density at radius 1 is 1.11 bits per heavy atom. The molecular formula is C14H9Cl2FN2. The van der Waals surface area contributed by atoms with Gasteiger partial charge in [0.1, 0.15) is 11.9 Å². The number of hydrogen-bond acceptors (Lipinski definition) is 2. The molecule has 2 nitrogen and oxygen atoms in total. The smallest absolute Gasteiger partial charge is 0.124 e. The molecule has 0 bridgehead atoms. The predicted octanol–water partition coefficient (Wildman–Crippen LogP) is 4.62. The number of rotatable bonds is 3. The Hall–Kier alpha value is -1.76. The fourth-order valence-corrected chi connectivity index (χ4v) is 2.24. The zero-order valence-corrected chi connectivity index (χ0v) is 11.3. The van der Waals surface area contributed by atoms with Gasteiger partial charge in [-0.2, -0.15) is 5.26 Å². The summed E-state index contributed by atoms with van der Waals surface area (Å²) in [4.78, 5) is 0. The number of nitriles is 1.